The van der Waals surface area contributed by atoms with Gasteiger partial charge in [-0.1, -0.05) is 18.2 Å². The molecule has 1 aromatic heterocycles. The number of aromatic nitrogens is 1. The van der Waals surface area contributed by atoms with Crippen LogP contribution in [-0.2, 0) is 22.7 Å². The fraction of sp³-hybridized carbons (Fsp3) is 0.308. The number of hydrazine groups is 1. The summed E-state index contributed by atoms with van der Waals surface area (Å²) in [5.41, 5.74) is 6.30. The highest BCUT2D eigenvalue weighted by molar-refractivity contribution is 5.93. The predicted octanol–water partition coefficient (Wildman–Crippen LogP) is 1.81. The van der Waals surface area contributed by atoms with E-state index in [0.29, 0.717) is 13.2 Å². The number of benzene rings is 1. The summed E-state index contributed by atoms with van der Waals surface area (Å²) in [7, 11) is 3.31. The number of nitrogens with zero attached hydrogens (tertiary/aromatic N) is 1. The number of rotatable bonds is 5. The number of fused-ring (bicyclic) bond motifs is 1. The molecule has 0 fully saturated rings. The molecule has 1 aromatic carbocycles. The van der Waals surface area contributed by atoms with Gasteiger partial charge in [0.15, 0.2) is 0 Å². The van der Waals surface area contributed by atoms with Crippen molar-refractivity contribution in [3.05, 3.63) is 35.5 Å². The van der Waals surface area contributed by atoms with Crippen molar-refractivity contribution in [2.45, 2.75) is 13.2 Å². The average molecular weight is 247 g/mol. The molecule has 96 valence electrons. The largest absolute Gasteiger partial charge is 0.380 e. The van der Waals surface area contributed by atoms with Gasteiger partial charge in [-0.2, -0.15) is 0 Å². The lowest BCUT2D eigenvalue weighted by atomic mass is 10.1. The Bertz CT molecular complexity index is 543. The molecule has 5 heteroatoms. The number of ether oxygens (including phenoxy) is 2. The van der Waals surface area contributed by atoms with Gasteiger partial charge >= 0.3 is 0 Å². The minimum atomic E-state index is 0.450. The van der Waals surface area contributed by atoms with Crippen LogP contribution in [0.15, 0.2) is 24.3 Å². The van der Waals surface area contributed by atoms with Gasteiger partial charge in [0, 0.05) is 25.2 Å². The van der Waals surface area contributed by atoms with Crippen molar-refractivity contribution in [1.29, 1.82) is 0 Å². The topological polar surface area (TPSA) is 69.4 Å². The molecule has 0 unspecified atom stereocenters. The van der Waals surface area contributed by atoms with Gasteiger partial charge < -0.3 is 14.9 Å². The maximum absolute atomic E-state index is 5.56. The predicted molar refractivity (Wildman–Crippen MR) is 71.0 cm³/mol. The summed E-state index contributed by atoms with van der Waals surface area (Å²) < 4.78 is 10.3. The van der Waals surface area contributed by atoms with Crippen LogP contribution in [0.5, 0.6) is 0 Å². The quantitative estimate of drug-likeness (QED) is 0.623. The molecule has 0 aliphatic rings. The molecule has 0 saturated carbocycles. The Balaban J connectivity index is 2.63. The van der Waals surface area contributed by atoms with E-state index in [0.717, 1.165) is 27.8 Å². The summed E-state index contributed by atoms with van der Waals surface area (Å²) in [5.74, 6) is 5.56. The van der Waals surface area contributed by atoms with Crippen molar-refractivity contribution >= 4 is 16.6 Å². The van der Waals surface area contributed by atoms with Crippen molar-refractivity contribution in [2.75, 3.05) is 19.6 Å². The summed E-state index contributed by atoms with van der Waals surface area (Å²) in [6, 6.07) is 7.83. The molecule has 0 amide bonds. The lowest BCUT2D eigenvalue weighted by molar-refractivity contribution is 0.181. The van der Waals surface area contributed by atoms with Gasteiger partial charge in [0.25, 0.3) is 0 Å². The van der Waals surface area contributed by atoms with Crippen LogP contribution in [0.4, 0.5) is 5.69 Å². The molecule has 2 aromatic rings. The molecular formula is C13H17N3O2. The number of nitrogens with one attached hydrogen (secondary N) is 1. The lowest BCUT2D eigenvalue weighted by Gasteiger charge is -2.11. The Morgan fingerprint density at radius 2 is 2.00 bits per heavy atom. The molecule has 3 N–H and O–H groups in total. The first-order chi connectivity index (χ1) is 8.80. The Labute approximate surface area is 106 Å². The summed E-state index contributed by atoms with van der Waals surface area (Å²) in [6.07, 6.45) is 0. The third kappa shape index (κ3) is 2.43. The van der Waals surface area contributed by atoms with Gasteiger partial charge in [-0.05, 0) is 6.07 Å². The fourth-order valence-corrected chi connectivity index (χ4v) is 1.97. The van der Waals surface area contributed by atoms with Gasteiger partial charge in [-0.3, -0.25) is 5.84 Å². The van der Waals surface area contributed by atoms with E-state index < -0.39 is 0 Å². The van der Waals surface area contributed by atoms with E-state index in [1.54, 1.807) is 14.2 Å². The minimum absolute atomic E-state index is 0.450. The molecule has 0 aliphatic heterocycles. The van der Waals surface area contributed by atoms with Crippen LogP contribution in [0.2, 0.25) is 0 Å². The second-order valence-corrected chi connectivity index (χ2v) is 3.98. The first-order valence-electron chi connectivity index (χ1n) is 5.66. The third-order valence-electron chi connectivity index (χ3n) is 2.72. The van der Waals surface area contributed by atoms with Crippen LogP contribution in [0.3, 0.4) is 0 Å². The molecule has 18 heavy (non-hydrogen) atoms. The summed E-state index contributed by atoms with van der Waals surface area (Å²) >= 11 is 0. The normalized spacial score (nSPS) is 10.8. The van der Waals surface area contributed by atoms with E-state index in [1.165, 1.54) is 0 Å². The molecule has 0 aliphatic carbocycles. The van der Waals surface area contributed by atoms with Gasteiger partial charge in [0.2, 0.25) is 0 Å². The molecule has 0 atom stereocenters. The molecule has 0 radical (unpaired) electrons. The molecule has 0 spiro atoms. The van der Waals surface area contributed by atoms with Gasteiger partial charge in [0.1, 0.15) is 0 Å². The average Bonchev–Trinajstić information content (AvgIpc) is 2.39. The van der Waals surface area contributed by atoms with Crippen molar-refractivity contribution in [3.63, 3.8) is 0 Å². The van der Waals surface area contributed by atoms with Crippen LogP contribution >= 0.6 is 0 Å². The fourth-order valence-electron chi connectivity index (χ4n) is 1.97. The Morgan fingerprint density at radius 3 is 2.67 bits per heavy atom. The summed E-state index contributed by atoms with van der Waals surface area (Å²) in [6.45, 7) is 0.969. The molecular weight excluding hydrogens is 230 g/mol. The van der Waals surface area contributed by atoms with E-state index >= 15 is 0 Å². The van der Waals surface area contributed by atoms with Crippen LogP contribution in [-0.4, -0.2) is 19.2 Å². The highest BCUT2D eigenvalue weighted by Gasteiger charge is 2.08. The second-order valence-electron chi connectivity index (χ2n) is 3.98. The van der Waals surface area contributed by atoms with Crippen molar-refractivity contribution < 1.29 is 9.47 Å². The number of nitrogens with two attached hydrogens (primary N) is 1. The monoisotopic (exact) mass is 247 g/mol. The van der Waals surface area contributed by atoms with Crippen molar-refractivity contribution in [1.82, 2.24) is 4.98 Å². The van der Waals surface area contributed by atoms with E-state index in [1.807, 2.05) is 24.3 Å². The lowest BCUT2D eigenvalue weighted by Crippen LogP contribution is -2.09. The maximum atomic E-state index is 5.56. The number of hydrogen-bond acceptors (Lipinski definition) is 5. The number of para-hydroxylation sites is 1. The molecule has 5 nitrogen and oxygen atoms in total. The minimum Gasteiger partial charge on any atom is -0.380 e. The Morgan fingerprint density at radius 1 is 1.22 bits per heavy atom. The zero-order chi connectivity index (χ0) is 13.0. The van der Waals surface area contributed by atoms with E-state index in [9.17, 15) is 0 Å². The first-order valence-corrected chi connectivity index (χ1v) is 5.66. The highest BCUT2D eigenvalue weighted by Crippen LogP contribution is 2.25. The number of methoxy groups -OCH3 is 2. The molecule has 0 bridgehead atoms. The smallest absolute Gasteiger partial charge is 0.0885 e. The standard InChI is InChI=1S/C13H17N3O2/c1-17-7-9-4-3-5-11-12(16-14)6-10(8-18-2)15-13(9)11/h3-6H,7-8,14H2,1-2H3,(H,15,16). The van der Waals surface area contributed by atoms with Gasteiger partial charge in [-0.15, -0.1) is 0 Å². The number of anilines is 1. The molecule has 2 rings (SSSR count). The van der Waals surface area contributed by atoms with Crippen molar-refractivity contribution in [3.8, 4) is 0 Å². The van der Waals surface area contributed by atoms with E-state index in [2.05, 4.69) is 10.4 Å². The number of pyridine rings is 1. The zero-order valence-corrected chi connectivity index (χ0v) is 10.6. The molecule has 1 heterocycles. The van der Waals surface area contributed by atoms with E-state index in [-0.39, 0.29) is 0 Å². The first kappa shape index (κ1) is 12.8. The van der Waals surface area contributed by atoms with Crippen LogP contribution in [0, 0.1) is 0 Å². The van der Waals surface area contributed by atoms with Crippen LogP contribution in [0.25, 0.3) is 10.9 Å². The van der Waals surface area contributed by atoms with Crippen LogP contribution < -0.4 is 11.3 Å². The SMILES string of the molecule is COCc1cc(NN)c2cccc(COC)c2n1. The van der Waals surface area contributed by atoms with Gasteiger partial charge in [-0.25, -0.2) is 4.98 Å². The Hall–Kier alpha value is -1.69. The molecule has 0 saturated heterocycles. The third-order valence-corrected chi connectivity index (χ3v) is 2.72. The van der Waals surface area contributed by atoms with Crippen molar-refractivity contribution in [2.24, 2.45) is 5.84 Å². The second kappa shape index (κ2) is 5.77. The highest BCUT2D eigenvalue weighted by atomic mass is 16.5. The zero-order valence-electron chi connectivity index (χ0n) is 10.6. The Kier molecular flexibility index (Phi) is 4.09. The summed E-state index contributed by atoms with van der Waals surface area (Å²) in [4.78, 5) is 4.59. The van der Waals surface area contributed by atoms with Gasteiger partial charge in [0.05, 0.1) is 30.1 Å². The summed E-state index contributed by atoms with van der Waals surface area (Å²) in [5, 5.41) is 0.979. The van der Waals surface area contributed by atoms with Crippen LogP contribution in [0.1, 0.15) is 11.3 Å². The number of hydrogen-bond donors (Lipinski definition) is 2. The maximum Gasteiger partial charge on any atom is 0.0885 e. The van der Waals surface area contributed by atoms with E-state index in [4.69, 9.17) is 15.3 Å². The number of nitrogen functional groups attached to an aromatic ring is 1.